The zero-order valence-electron chi connectivity index (χ0n) is 35.8. The number of hydrogen-bond donors (Lipinski definition) is 0. The van der Waals surface area contributed by atoms with E-state index < -0.39 is 145 Å². The molecule has 348 valence electrons. The highest BCUT2D eigenvalue weighted by molar-refractivity contribution is 5.90. The zero-order valence-corrected chi connectivity index (χ0v) is 35.8. The first-order valence-electron chi connectivity index (χ1n) is 19.2. The van der Waals surface area contributed by atoms with Gasteiger partial charge in [0.15, 0.2) is 49.1 Å². The van der Waals surface area contributed by atoms with Crippen LogP contribution in [-0.2, 0) is 101 Å². The lowest BCUT2D eigenvalue weighted by atomic mass is 9.83. The van der Waals surface area contributed by atoms with Crippen molar-refractivity contribution in [2.24, 2.45) is 0 Å². The Balaban J connectivity index is 1.90. The van der Waals surface area contributed by atoms with Crippen molar-refractivity contribution in [1.29, 1.82) is 5.26 Å². The molecule has 0 bridgehead atoms. The number of rotatable bonds is 16. The molecule has 4 heterocycles. The molecule has 0 amide bonds. The second kappa shape index (κ2) is 21.3. The van der Waals surface area contributed by atoms with E-state index in [2.05, 4.69) is 20.6 Å². The number of carbonyl (C=O) groups excluding carboxylic acids is 9. The van der Waals surface area contributed by atoms with Crippen LogP contribution in [0.3, 0.4) is 0 Å². The Morgan fingerprint density at radius 1 is 0.547 bits per heavy atom. The first-order chi connectivity index (χ1) is 30.1. The van der Waals surface area contributed by atoms with Gasteiger partial charge in [0.2, 0.25) is 5.41 Å². The Morgan fingerprint density at radius 3 is 1.17 bits per heavy atom. The van der Waals surface area contributed by atoms with Gasteiger partial charge in [0.1, 0.15) is 36.8 Å². The molecule has 10 atom stereocenters. The maximum Gasteiger partial charge on any atom is 0.339 e. The molecule has 0 spiro atoms. The van der Waals surface area contributed by atoms with Gasteiger partial charge in [0, 0.05) is 55.4 Å². The Hall–Kier alpha value is -7.08. The van der Waals surface area contributed by atoms with E-state index in [1.165, 1.54) is 6.92 Å². The molecule has 27 nitrogen and oxygen atoms in total. The van der Waals surface area contributed by atoms with Gasteiger partial charge in [-0.15, -0.1) is 10.2 Å². The standard InChI is InChI=1S/C37H45N7O20/c1-10-54-36(53)37(15-38,26-11-43(41-39-26)34-32(61-22(8)51)30(59-20(6)49)28(57-18(4)47)24(63-34)13-55-16(2)45)27-12-44(42-40-27)35-33(62-23(9)52)31(60-21(7)50)29(58-19(5)48)25(64-35)14-56-17(3)46/h11-12,24-25,28-35H,10,13-14H2,1-9H3/t24-,25-,28-,29-,30+,31+,32-,33-,34-,35-/m1/s1. The first kappa shape index (κ1) is 49.6. The van der Waals surface area contributed by atoms with Crippen molar-refractivity contribution in [2.45, 2.75) is 129 Å². The summed E-state index contributed by atoms with van der Waals surface area (Å²) in [4.78, 5) is 112. The summed E-state index contributed by atoms with van der Waals surface area (Å²) in [5.74, 6) is -8.31. The zero-order chi connectivity index (χ0) is 47.6. The van der Waals surface area contributed by atoms with Crippen molar-refractivity contribution in [1.82, 2.24) is 30.0 Å². The van der Waals surface area contributed by atoms with Gasteiger partial charge in [-0.1, -0.05) is 10.4 Å². The van der Waals surface area contributed by atoms with Gasteiger partial charge < -0.3 is 52.1 Å². The molecule has 2 fully saturated rings. The van der Waals surface area contributed by atoms with E-state index in [-0.39, 0.29) is 6.61 Å². The first-order valence-corrected chi connectivity index (χ1v) is 19.2. The Labute approximate surface area is 362 Å². The molecule has 2 aromatic rings. The Bertz CT molecular complexity index is 2020. The van der Waals surface area contributed by atoms with Gasteiger partial charge >= 0.3 is 53.7 Å². The highest BCUT2D eigenvalue weighted by atomic mass is 16.7. The molecular weight excluding hydrogens is 862 g/mol. The van der Waals surface area contributed by atoms with Crippen molar-refractivity contribution in [3.8, 4) is 6.07 Å². The van der Waals surface area contributed by atoms with Gasteiger partial charge in [0.05, 0.1) is 25.1 Å². The van der Waals surface area contributed by atoms with Gasteiger partial charge in [0.25, 0.3) is 0 Å². The number of ether oxygens (including phenoxy) is 11. The number of aromatic nitrogens is 6. The smallest absolute Gasteiger partial charge is 0.339 e. The van der Waals surface area contributed by atoms with Crippen LogP contribution in [-0.4, -0.2) is 152 Å². The average molecular weight is 908 g/mol. The van der Waals surface area contributed by atoms with Crippen molar-refractivity contribution >= 4 is 53.7 Å². The monoisotopic (exact) mass is 907 g/mol. The van der Waals surface area contributed by atoms with Gasteiger partial charge in [-0.25, -0.2) is 14.2 Å². The maximum absolute atomic E-state index is 14.0. The fourth-order valence-electron chi connectivity index (χ4n) is 6.72. The topological polar surface area (TPSA) is 340 Å². The normalized spacial score (nSPS) is 25.2. The maximum atomic E-state index is 14.0. The highest BCUT2D eigenvalue weighted by Gasteiger charge is 2.57. The minimum Gasteiger partial charge on any atom is -0.464 e. The summed E-state index contributed by atoms with van der Waals surface area (Å²) < 4.78 is 62.3. The molecule has 2 aliphatic rings. The molecule has 0 saturated carbocycles. The van der Waals surface area contributed by atoms with Crippen LogP contribution in [0.4, 0.5) is 0 Å². The second-order valence-corrected chi connectivity index (χ2v) is 13.9. The van der Waals surface area contributed by atoms with Crippen LogP contribution in [0.1, 0.15) is 86.2 Å². The highest BCUT2D eigenvalue weighted by Crippen LogP contribution is 2.39. The number of hydrogen-bond acceptors (Lipinski definition) is 25. The third-order valence-corrected chi connectivity index (χ3v) is 8.99. The minimum atomic E-state index is -2.68. The summed E-state index contributed by atoms with van der Waals surface area (Å²) in [5.41, 5.74) is -3.71. The summed E-state index contributed by atoms with van der Waals surface area (Å²) in [6.07, 6.45) is -13.9. The molecule has 4 rings (SSSR count). The van der Waals surface area contributed by atoms with Crippen LogP contribution in [0.2, 0.25) is 0 Å². The lowest BCUT2D eigenvalue weighted by molar-refractivity contribution is -0.270. The minimum absolute atomic E-state index is 0.288. The van der Waals surface area contributed by atoms with Crippen molar-refractivity contribution in [3.05, 3.63) is 23.8 Å². The predicted octanol–water partition coefficient (Wildman–Crippen LogP) is -1.25. The van der Waals surface area contributed by atoms with E-state index in [1.807, 2.05) is 6.07 Å². The fraction of sp³-hybridized carbons (Fsp3) is 0.622. The lowest BCUT2D eigenvalue weighted by Crippen LogP contribution is -2.60. The molecule has 2 saturated heterocycles. The van der Waals surface area contributed by atoms with Crippen LogP contribution in [0.15, 0.2) is 12.4 Å². The third kappa shape index (κ3) is 11.7. The lowest BCUT2D eigenvalue weighted by Gasteiger charge is -2.44. The summed E-state index contributed by atoms with van der Waals surface area (Å²) in [7, 11) is 0. The molecule has 2 aliphatic heterocycles. The molecule has 0 radical (unpaired) electrons. The van der Waals surface area contributed by atoms with E-state index >= 15 is 0 Å². The van der Waals surface area contributed by atoms with E-state index in [1.54, 1.807) is 0 Å². The van der Waals surface area contributed by atoms with Crippen molar-refractivity contribution in [3.63, 3.8) is 0 Å². The number of nitrogens with zero attached hydrogens (tertiary/aromatic N) is 7. The SMILES string of the molecule is CCOC(=O)C(C#N)(c1cn([C@@H]2O[C@H](COC(C)=O)[C@@H](OC(C)=O)[C@H](OC(C)=O)[C@H]2OC(C)=O)nn1)c1cn([C@@H]2O[C@H](COC(C)=O)[C@@H](OC(C)=O)[C@H](OC(C)=O)[C@H]2OC(C)=O)nn1. The Morgan fingerprint density at radius 2 is 0.875 bits per heavy atom. The van der Waals surface area contributed by atoms with E-state index in [9.17, 15) is 48.4 Å². The average Bonchev–Trinajstić information content (AvgIpc) is 3.88. The molecule has 0 unspecified atom stereocenters. The van der Waals surface area contributed by atoms with Crippen LogP contribution < -0.4 is 0 Å². The third-order valence-electron chi connectivity index (χ3n) is 8.99. The van der Waals surface area contributed by atoms with E-state index in [4.69, 9.17) is 52.1 Å². The molecule has 0 N–H and O–H groups in total. The second-order valence-electron chi connectivity index (χ2n) is 13.9. The summed E-state index contributed by atoms with van der Waals surface area (Å²) >= 11 is 0. The van der Waals surface area contributed by atoms with Crippen LogP contribution in [0.5, 0.6) is 0 Å². The van der Waals surface area contributed by atoms with E-state index in [0.29, 0.717) is 0 Å². The summed E-state index contributed by atoms with van der Waals surface area (Å²) in [6.45, 7) is 8.25. The Kier molecular flexibility index (Phi) is 16.5. The van der Waals surface area contributed by atoms with Crippen molar-refractivity contribution in [2.75, 3.05) is 19.8 Å². The molecule has 2 aromatic heterocycles. The van der Waals surface area contributed by atoms with Gasteiger partial charge in [-0.2, -0.15) is 5.26 Å². The quantitative estimate of drug-likeness (QED) is 0.140. The van der Waals surface area contributed by atoms with Crippen molar-refractivity contribution < 1.29 is 95.3 Å². The molecule has 64 heavy (non-hydrogen) atoms. The fourth-order valence-corrected chi connectivity index (χ4v) is 6.72. The van der Waals surface area contributed by atoms with Crippen LogP contribution in [0, 0.1) is 11.3 Å². The summed E-state index contributed by atoms with van der Waals surface area (Å²) in [5, 5.41) is 27.1. The number of carbonyl (C=O) groups is 9. The number of nitriles is 1. The summed E-state index contributed by atoms with van der Waals surface area (Å²) in [6, 6.07) is 1.84. The molecule has 0 aliphatic carbocycles. The predicted molar refractivity (Wildman–Crippen MR) is 197 cm³/mol. The number of esters is 9. The van der Waals surface area contributed by atoms with Crippen LogP contribution >= 0.6 is 0 Å². The molecule has 0 aromatic carbocycles. The van der Waals surface area contributed by atoms with E-state index in [0.717, 1.165) is 77.1 Å². The largest absolute Gasteiger partial charge is 0.464 e. The van der Waals surface area contributed by atoms with Crippen LogP contribution in [0.25, 0.3) is 0 Å². The molecular formula is C37H45N7O20. The molecule has 27 heteroatoms. The van der Waals surface area contributed by atoms with Gasteiger partial charge in [-0.3, -0.25) is 38.4 Å². The van der Waals surface area contributed by atoms with Gasteiger partial charge in [-0.05, 0) is 6.92 Å².